The summed E-state index contributed by atoms with van der Waals surface area (Å²) in [5.41, 5.74) is -0.453. The number of aromatic nitrogens is 2. The topological polar surface area (TPSA) is 68.5 Å². The summed E-state index contributed by atoms with van der Waals surface area (Å²) in [5.74, 6) is 1.04. The molecule has 0 amide bonds. The van der Waals surface area contributed by atoms with Gasteiger partial charge in [0.25, 0.3) is 0 Å². The molecule has 112 valence electrons. The number of rotatable bonds is 4. The molecule has 2 heterocycles. The first kappa shape index (κ1) is 15.0. The maximum Gasteiger partial charge on any atom is 0.323 e. The van der Waals surface area contributed by atoms with Gasteiger partial charge in [0.2, 0.25) is 11.8 Å². The Balaban J connectivity index is 1.98. The van der Waals surface area contributed by atoms with Crippen LogP contribution in [-0.4, -0.2) is 39.3 Å². The van der Waals surface area contributed by atoms with Crippen LogP contribution in [0.3, 0.4) is 0 Å². The van der Waals surface area contributed by atoms with Gasteiger partial charge in [-0.25, -0.2) is 0 Å². The quantitative estimate of drug-likeness (QED) is 0.786. The van der Waals surface area contributed by atoms with E-state index in [1.807, 2.05) is 27.7 Å². The zero-order valence-electron chi connectivity index (χ0n) is 12.7. The highest BCUT2D eigenvalue weighted by molar-refractivity contribution is 5.76. The van der Waals surface area contributed by atoms with E-state index in [2.05, 4.69) is 15.1 Å². The van der Waals surface area contributed by atoms with E-state index in [1.54, 1.807) is 0 Å². The minimum Gasteiger partial charge on any atom is -0.459 e. The molecule has 1 atom stereocenters. The van der Waals surface area contributed by atoms with Crippen LogP contribution in [0, 0.1) is 0 Å². The Morgan fingerprint density at radius 2 is 2.10 bits per heavy atom. The molecule has 0 spiro atoms. The molecule has 0 saturated carbocycles. The summed E-state index contributed by atoms with van der Waals surface area (Å²) in [6, 6.07) is -0.203. The zero-order chi connectivity index (χ0) is 14.8. The second kappa shape index (κ2) is 5.91. The molecule has 6 nitrogen and oxygen atoms in total. The van der Waals surface area contributed by atoms with Crippen LogP contribution in [0.2, 0.25) is 0 Å². The number of hydrogen-bond donors (Lipinski definition) is 0. The smallest absolute Gasteiger partial charge is 0.323 e. The number of aryl methyl sites for hydroxylation is 1. The van der Waals surface area contributed by atoms with Gasteiger partial charge >= 0.3 is 5.97 Å². The van der Waals surface area contributed by atoms with Crippen LogP contribution >= 0.6 is 0 Å². The lowest BCUT2D eigenvalue weighted by molar-refractivity contribution is -0.160. The Bertz CT molecular complexity index is 464. The van der Waals surface area contributed by atoms with Gasteiger partial charge in [-0.05, 0) is 40.2 Å². The number of hydrogen-bond acceptors (Lipinski definition) is 6. The van der Waals surface area contributed by atoms with Crippen molar-refractivity contribution in [3.8, 4) is 0 Å². The van der Waals surface area contributed by atoms with E-state index in [1.165, 1.54) is 0 Å². The van der Waals surface area contributed by atoms with Gasteiger partial charge in [0.05, 0.1) is 6.54 Å². The molecule has 0 bridgehead atoms. The molecule has 0 N–H and O–H groups in total. The largest absolute Gasteiger partial charge is 0.459 e. The lowest BCUT2D eigenvalue weighted by atomic mass is 10.1. The molecule has 20 heavy (non-hydrogen) atoms. The molecule has 1 aromatic rings. The average molecular weight is 281 g/mol. The van der Waals surface area contributed by atoms with Crippen molar-refractivity contribution in [2.75, 3.05) is 6.54 Å². The van der Waals surface area contributed by atoms with Crippen LogP contribution in [0.5, 0.6) is 0 Å². The van der Waals surface area contributed by atoms with Crippen LogP contribution in [0.15, 0.2) is 4.42 Å². The van der Waals surface area contributed by atoms with E-state index in [4.69, 9.17) is 9.15 Å². The van der Waals surface area contributed by atoms with Crippen LogP contribution in [0.4, 0.5) is 0 Å². The number of esters is 1. The van der Waals surface area contributed by atoms with E-state index in [-0.39, 0.29) is 12.0 Å². The Morgan fingerprint density at radius 3 is 2.70 bits per heavy atom. The van der Waals surface area contributed by atoms with Crippen molar-refractivity contribution in [1.29, 1.82) is 0 Å². The fraction of sp³-hybridized carbons (Fsp3) is 0.786. The minimum absolute atomic E-state index is 0.162. The molecular formula is C14H23N3O3. The van der Waals surface area contributed by atoms with E-state index in [0.29, 0.717) is 18.3 Å². The third-order valence-electron chi connectivity index (χ3n) is 3.19. The summed E-state index contributed by atoms with van der Waals surface area (Å²) in [6.07, 6.45) is 2.53. The van der Waals surface area contributed by atoms with E-state index in [0.717, 1.165) is 25.8 Å². The molecule has 0 unspecified atom stereocenters. The SMILES string of the molecule is CCc1nnc(CN2CCC[C@H]2C(=O)OC(C)(C)C)o1. The normalized spacial score (nSPS) is 20.3. The van der Waals surface area contributed by atoms with E-state index >= 15 is 0 Å². The molecule has 2 rings (SSSR count). The van der Waals surface area contributed by atoms with Gasteiger partial charge in [-0.3, -0.25) is 9.69 Å². The van der Waals surface area contributed by atoms with Gasteiger partial charge in [0.15, 0.2) is 0 Å². The van der Waals surface area contributed by atoms with Gasteiger partial charge in [-0.2, -0.15) is 0 Å². The predicted octanol–water partition coefficient (Wildman–Crippen LogP) is 1.94. The third-order valence-corrected chi connectivity index (χ3v) is 3.19. The molecule has 6 heteroatoms. The fourth-order valence-corrected chi connectivity index (χ4v) is 2.32. The van der Waals surface area contributed by atoms with Crippen LogP contribution in [-0.2, 0) is 22.5 Å². The molecule has 1 aliphatic rings. The second-order valence-corrected chi connectivity index (χ2v) is 6.11. The Morgan fingerprint density at radius 1 is 1.40 bits per heavy atom. The monoisotopic (exact) mass is 281 g/mol. The van der Waals surface area contributed by atoms with Gasteiger partial charge < -0.3 is 9.15 Å². The standard InChI is InChI=1S/C14H23N3O3/c1-5-11-15-16-12(19-11)9-17-8-6-7-10(17)13(18)20-14(2,3)4/h10H,5-9H2,1-4H3/t10-/m0/s1. The van der Waals surface area contributed by atoms with Crippen molar-refractivity contribution in [2.24, 2.45) is 0 Å². The Kier molecular flexibility index (Phi) is 4.42. The maximum absolute atomic E-state index is 12.2. The highest BCUT2D eigenvalue weighted by Gasteiger charge is 2.34. The number of likely N-dealkylation sites (tertiary alicyclic amines) is 1. The van der Waals surface area contributed by atoms with Gasteiger partial charge in [-0.1, -0.05) is 6.92 Å². The van der Waals surface area contributed by atoms with Crippen LogP contribution < -0.4 is 0 Å². The molecule has 1 fully saturated rings. The van der Waals surface area contributed by atoms with Crippen LogP contribution in [0.25, 0.3) is 0 Å². The molecular weight excluding hydrogens is 258 g/mol. The van der Waals surface area contributed by atoms with Crippen molar-refractivity contribution in [3.05, 3.63) is 11.8 Å². The number of carbonyl (C=O) groups excluding carboxylic acids is 1. The highest BCUT2D eigenvalue weighted by atomic mass is 16.6. The second-order valence-electron chi connectivity index (χ2n) is 6.11. The molecule has 0 radical (unpaired) electrons. The molecule has 1 saturated heterocycles. The Hall–Kier alpha value is -1.43. The third kappa shape index (κ3) is 3.79. The summed E-state index contributed by atoms with van der Waals surface area (Å²) < 4.78 is 11.0. The van der Waals surface area contributed by atoms with E-state index in [9.17, 15) is 4.79 Å². The summed E-state index contributed by atoms with van der Waals surface area (Å²) in [7, 11) is 0. The minimum atomic E-state index is -0.453. The average Bonchev–Trinajstić information content (AvgIpc) is 2.96. The van der Waals surface area contributed by atoms with Crippen molar-refractivity contribution in [1.82, 2.24) is 15.1 Å². The predicted molar refractivity (Wildman–Crippen MR) is 73.0 cm³/mol. The first-order valence-corrected chi connectivity index (χ1v) is 7.17. The lowest BCUT2D eigenvalue weighted by Crippen LogP contribution is -2.40. The van der Waals surface area contributed by atoms with Crippen molar-refractivity contribution in [3.63, 3.8) is 0 Å². The fourth-order valence-electron chi connectivity index (χ4n) is 2.32. The first-order chi connectivity index (χ1) is 9.39. The van der Waals surface area contributed by atoms with Crippen molar-refractivity contribution < 1.29 is 13.9 Å². The molecule has 1 aliphatic heterocycles. The highest BCUT2D eigenvalue weighted by Crippen LogP contribution is 2.22. The molecule has 0 aromatic carbocycles. The summed E-state index contributed by atoms with van der Waals surface area (Å²) in [6.45, 7) is 8.99. The number of nitrogens with zero attached hydrogens (tertiary/aromatic N) is 3. The summed E-state index contributed by atoms with van der Waals surface area (Å²) in [4.78, 5) is 14.2. The maximum atomic E-state index is 12.2. The lowest BCUT2D eigenvalue weighted by Gasteiger charge is -2.26. The van der Waals surface area contributed by atoms with Gasteiger partial charge in [0, 0.05) is 6.42 Å². The van der Waals surface area contributed by atoms with Gasteiger partial charge in [0.1, 0.15) is 11.6 Å². The van der Waals surface area contributed by atoms with Crippen molar-refractivity contribution >= 4 is 5.97 Å². The molecule has 1 aromatic heterocycles. The van der Waals surface area contributed by atoms with Gasteiger partial charge in [-0.15, -0.1) is 10.2 Å². The zero-order valence-corrected chi connectivity index (χ0v) is 12.7. The van der Waals surface area contributed by atoms with Crippen LogP contribution in [0.1, 0.15) is 52.3 Å². The number of carbonyl (C=O) groups is 1. The summed E-state index contributed by atoms with van der Waals surface area (Å²) >= 11 is 0. The first-order valence-electron chi connectivity index (χ1n) is 7.17. The molecule has 0 aliphatic carbocycles. The number of ether oxygens (including phenoxy) is 1. The Labute approximate surface area is 119 Å². The summed E-state index contributed by atoms with van der Waals surface area (Å²) in [5, 5.41) is 7.95. The van der Waals surface area contributed by atoms with Crippen molar-refractivity contribution in [2.45, 2.75) is 65.1 Å². The van der Waals surface area contributed by atoms with E-state index < -0.39 is 5.60 Å².